The molecule has 0 fully saturated rings. The number of benzene rings is 1. The van der Waals surface area contributed by atoms with E-state index in [2.05, 4.69) is 0 Å². The van der Waals surface area contributed by atoms with E-state index in [4.69, 9.17) is 4.74 Å². The van der Waals surface area contributed by atoms with Gasteiger partial charge in [-0.1, -0.05) is 17.8 Å². The molecule has 1 aromatic rings. The van der Waals surface area contributed by atoms with Crippen molar-refractivity contribution in [3.8, 4) is 23.6 Å². The van der Waals surface area contributed by atoms with Crippen molar-refractivity contribution in [3.05, 3.63) is 33.1 Å². The smallest absolute Gasteiger partial charge is 0.181 e. The van der Waals surface area contributed by atoms with Gasteiger partial charge in [0.05, 0.1) is 23.0 Å². The molecule has 2 rings (SSSR count). The zero-order chi connectivity index (χ0) is 19.9. The van der Waals surface area contributed by atoms with Gasteiger partial charge < -0.3 is 9.84 Å². The molecule has 0 radical (unpaired) electrons. The molecule has 0 aliphatic carbocycles. The fraction of sp³-hybridized carbons (Fsp3) is 0.333. The van der Waals surface area contributed by atoms with Gasteiger partial charge in [0.25, 0.3) is 0 Å². The largest absolute Gasteiger partial charge is 0.503 e. The van der Waals surface area contributed by atoms with Crippen molar-refractivity contribution in [2.24, 2.45) is 0 Å². The number of nitrogens with zero attached hydrogens (tertiary/aromatic N) is 2. The van der Waals surface area contributed by atoms with Crippen LogP contribution in [0.25, 0.3) is 0 Å². The average Bonchev–Trinajstić information content (AvgIpc) is 3.00. The summed E-state index contributed by atoms with van der Waals surface area (Å²) in [5.41, 5.74) is -0.887. The van der Waals surface area contributed by atoms with E-state index in [1.54, 1.807) is 12.1 Å². The van der Waals surface area contributed by atoms with E-state index >= 15 is 0 Å². The average molecular weight is 414 g/mol. The molecule has 8 nitrogen and oxygen atoms in total. The number of rotatable bonds is 4. The molecule has 1 aliphatic rings. The van der Waals surface area contributed by atoms with Crippen LogP contribution in [0.3, 0.4) is 0 Å². The molecule has 1 unspecified atom stereocenters. The molecule has 26 heavy (non-hydrogen) atoms. The Morgan fingerprint density at radius 2 is 1.85 bits per heavy atom. The van der Waals surface area contributed by atoms with Gasteiger partial charge in [-0.05, 0) is 0 Å². The SMILES string of the molecule is COc1cc(C#N)c(C2(S(C)(=O)=O)CC=C(S(C)(=O)=O)S2)c(C#N)c1O. The summed E-state index contributed by atoms with van der Waals surface area (Å²) in [6.07, 6.45) is 2.80. The van der Waals surface area contributed by atoms with Crippen LogP contribution < -0.4 is 4.74 Å². The lowest BCUT2D eigenvalue weighted by Gasteiger charge is -2.29. The standard InChI is InChI=1S/C15H14N2O6S3/c1-23-11-6-9(7-16)13(10(8-17)14(11)18)15(26(3,21)22)5-4-12(24-15)25(2,19)20/h4,6,18H,5H2,1-3H3. The molecule has 1 N–H and O–H groups in total. The first-order valence-electron chi connectivity index (χ1n) is 6.96. The van der Waals surface area contributed by atoms with Gasteiger partial charge in [0, 0.05) is 30.6 Å². The van der Waals surface area contributed by atoms with Crippen LogP contribution in [0.5, 0.6) is 11.5 Å². The number of hydrogen-bond donors (Lipinski definition) is 1. The minimum absolute atomic E-state index is 0.162. The molecule has 0 saturated carbocycles. The zero-order valence-corrected chi connectivity index (χ0v) is 16.4. The van der Waals surface area contributed by atoms with Crippen molar-refractivity contribution in [3.63, 3.8) is 0 Å². The van der Waals surface area contributed by atoms with Crippen LogP contribution in [0, 0.1) is 22.7 Å². The number of hydrogen-bond acceptors (Lipinski definition) is 9. The lowest BCUT2D eigenvalue weighted by Crippen LogP contribution is -2.31. The molecule has 1 aliphatic heterocycles. The van der Waals surface area contributed by atoms with E-state index in [1.807, 2.05) is 0 Å². The van der Waals surface area contributed by atoms with Gasteiger partial charge in [-0.25, -0.2) is 16.8 Å². The van der Waals surface area contributed by atoms with E-state index in [0.29, 0.717) is 11.8 Å². The molecule has 1 heterocycles. The lowest BCUT2D eigenvalue weighted by atomic mass is 9.95. The Morgan fingerprint density at radius 3 is 2.23 bits per heavy atom. The van der Waals surface area contributed by atoms with E-state index in [-0.39, 0.29) is 27.5 Å². The van der Waals surface area contributed by atoms with Gasteiger partial charge in [-0.2, -0.15) is 10.5 Å². The van der Waals surface area contributed by atoms with Crippen molar-refractivity contribution in [2.75, 3.05) is 19.6 Å². The maximum Gasteiger partial charge on any atom is 0.181 e. The monoisotopic (exact) mass is 414 g/mol. The first-order chi connectivity index (χ1) is 11.9. The highest BCUT2D eigenvalue weighted by Gasteiger charge is 2.52. The van der Waals surface area contributed by atoms with Gasteiger partial charge in [0.2, 0.25) is 0 Å². The van der Waals surface area contributed by atoms with Crippen molar-refractivity contribution in [1.29, 1.82) is 10.5 Å². The molecular formula is C15H14N2O6S3. The number of sulfone groups is 2. The number of allylic oxidation sites excluding steroid dienone is 1. The Labute approximate surface area is 155 Å². The molecule has 1 atom stereocenters. The fourth-order valence-electron chi connectivity index (χ4n) is 2.65. The second kappa shape index (κ2) is 6.50. The lowest BCUT2D eigenvalue weighted by molar-refractivity contribution is 0.372. The fourth-order valence-corrected chi connectivity index (χ4v) is 7.05. The van der Waals surface area contributed by atoms with Crippen molar-refractivity contribution >= 4 is 31.4 Å². The number of phenols is 1. The highest BCUT2D eigenvalue weighted by molar-refractivity contribution is 8.24. The second-order valence-corrected chi connectivity index (χ2v) is 11.7. The van der Waals surface area contributed by atoms with Crippen molar-refractivity contribution in [1.82, 2.24) is 0 Å². The minimum atomic E-state index is -4.02. The first-order valence-corrected chi connectivity index (χ1v) is 11.6. The van der Waals surface area contributed by atoms with Gasteiger partial charge in [-0.3, -0.25) is 0 Å². The van der Waals surface area contributed by atoms with Crippen LogP contribution in [0.2, 0.25) is 0 Å². The predicted octanol–water partition coefficient (Wildman–Crippen LogP) is 1.36. The highest BCUT2D eigenvalue weighted by Crippen LogP contribution is 2.57. The topological polar surface area (TPSA) is 145 Å². The van der Waals surface area contributed by atoms with E-state index in [0.717, 1.165) is 18.6 Å². The summed E-state index contributed by atoms with van der Waals surface area (Å²) in [5, 5.41) is 29.2. The van der Waals surface area contributed by atoms with Gasteiger partial charge in [-0.15, -0.1) is 0 Å². The van der Waals surface area contributed by atoms with Gasteiger partial charge >= 0.3 is 0 Å². The molecule has 138 valence electrons. The number of aromatic hydroxyl groups is 1. The summed E-state index contributed by atoms with van der Waals surface area (Å²) in [7, 11) is -6.50. The number of ether oxygens (including phenoxy) is 1. The van der Waals surface area contributed by atoms with Crippen molar-refractivity contribution in [2.45, 2.75) is 10.5 Å². The van der Waals surface area contributed by atoms with Crippen LogP contribution >= 0.6 is 11.8 Å². The zero-order valence-electron chi connectivity index (χ0n) is 14.0. The number of methoxy groups -OCH3 is 1. The minimum Gasteiger partial charge on any atom is -0.503 e. The van der Waals surface area contributed by atoms with Gasteiger partial charge in [0.15, 0.2) is 35.3 Å². The van der Waals surface area contributed by atoms with E-state index in [9.17, 15) is 32.5 Å². The maximum atomic E-state index is 12.6. The Bertz CT molecular complexity index is 1110. The van der Waals surface area contributed by atoms with Crippen LogP contribution in [-0.2, 0) is 23.8 Å². The molecule has 0 bridgehead atoms. The first kappa shape index (κ1) is 20.1. The molecule has 0 aromatic heterocycles. The molecule has 11 heteroatoms. The summed E-state index contributed by atoms with van der Waals surface area (Å²) in [5.74, 6) is -0.773. The van der Waals surface area contributed by atoms with Crippen LogP contribution in [0.1, 0.15) is 23.1 Å². The quantitative estimate of drug-likeness (QED) is 0.771. The summed E-state index contributed by atoms with van der Waals surface area (Å²) in [6.45, 7) is 0. The molecule has 0 saturated heterocycles. The Morgan fingerprint density at radius 1 is 1.23 bits per heavy atom. The normalized spacial score (nSPS) is 20.1. The van der Waals surface area contributed by atoms with Gasteiger partial charge in [0.1, 0.15) is 11.6 Å². The molecule has 0 spiro atoms. The van der Waals surface area contributed by atoms with E-state index < -0.39 is 35.1 Å². The third-order valence-corrected chi connectivity index (χ3v) is 9.72. The van der Waals surface area contributed by atoms with Crippen LogP contribution in [0.4, 0.5) is 0 Å². The third-order valence-electron chi connectivity index (χ3n) is 3.87. The summed E-state index contributed by atoms with van der Waals surface area (Å²) < 4.78 is 51.9. The second-order valence-electron chi connectivity index (χ2n) is 5.58. The Hall–Kier alpha value is -2.21. The van der Waals surface area contributed by atoms with Crippen LogP contribution in [0.15, 0.2) is 16.4 Å². The molecule has 0 amide bonds. The van der Waals surface area contributed by atoms with Crippen LogP contribution in [-0.4, -0.2) is 41.6 Å². The predicted molar refractivity (Wildman–Crippen MR) is 95.7 cm³/mol. The Kier molecular flexibility index (Phi) is 5.03. The van der Waals surface area contributed by atoms with E-state index in [1.165, 1.54) is 13.2 Å². The maximum absolute atomic E-state index is 12.6. The third kappa shape index (κ3) is 3.03. The number of phenolic OH excluding ortho intramolecular Hbond substituents is 1. The number of nitriles is 2. The highest BCUT2D eigenvalue weighted by atomic mass is 32.3. The summed E-state index contributed by atoms with van der Waals surface area (Å²) in [6, 6.07) is 4.64. The number of thioether (sulfide) groups is 1. The summed E-state index contributed by atoms with van der Waals surface area (Å²) >= 11 is 0.537. The molecular weight excluding hydrogens is 400 g/mol. The molecule has 1 aromatic carbocycles. The van der Waals surface area contributed by atoms with Crippen molar-refractivity contribution < 1.29 is 26.7 Å². The Balaban J connectivity index is 2.94. The summed E-state index contributed by atoms with van der Waals surface area (Å²) in [4.78, 5) is 0.